The van der Waals surface area contributed by atoms with E-state index >= 15 is 0 Å². The largest absolute Gasteiger partial charge is 0.384 e. The maximum Gasteiger partial charge on any atom is 0.0370 e. The van der Waals surface area contributed by atoms with Crippen LogP contribution in [0.5, 0.6) is 0 Å². The molecular weight excluding hydrogens is 172 g/mol. The van der Waals surface area contributed by atoms with Crippen LogP contribution in [0.25, 0.3) is 0 Å². The fraction of sp³-hybridized carbons (Fsp3) is 0.500. The van der Waals surface area contributed by atoms with Crippen molar-refractivity contribution in [1.29, 1.82) is 0 Å². The van der Waals surface area contributed by atoms with Gasteiger partial charge in [0.15, 0.2) is 0 Å². The lowest BCUT2D eigenvalue weighted by molar-refractivity contribution is 0.556. The van der Waals surface area contributed by atoms with Crippen LogP contribution >= 0.6 is 0 Å². The molecule has 76 valence electrons. The normalized spacial score (nSPS) is 17.9. The van der Waals surface area contributed by atoms with Crippen molar-refractivity contribution in [3.8, 4) is 0 Å². The summed E-state index contributed by atoms with van der Waals surface area (Å²) in [5, 5.41) is 3.49. The van der Waals surface area contributed by atoms with E-state index in [-0.39, 0.29) is 0 Å². The number of hydrogen-bond acceptors (Lipinski definition) is 2. The molecule has 1 aliphatic rings. The van der Waals surface area contributed by atoms with E-state index in [0.29, 0.717) is 5.41 Å². The van der Waals surface area contributed by atoms with Crippen molar-refractivity contribution in [3.63, 3.8) is 0 Å². The number of benzene rings is 1. The second-order valence-electron chi connectivity index (χ2n) is 4.37. The Morgan fingerprint density at radius 2 is 2.07 bits per heavy atom. The zero-order valence-electron chi connectivity index (χ0n) is 8.72. The third kappa shape index (κ3) is 1.90. The van der Waals surface area contributed by atoms with Gasteiger partial charge in [0.25, 0.3) is 0 Å². The third-order valence-corrected chi connectivity index (χ3v) is 3.19. The van der Waals surface area contributed by atoms with Crippen molar-refractivity contribution < 1.29 is 0 Å². The van der Waals surface area contributed by atoms with E-state index in [4.69, 9.17) is 5.73 Å². The number of nitrogens with two attached hydrogens (primary N) is 1. The Balaban J connectivity index is 1.95. The van der Waals surface area contributed by atoms with Crippen LogP contribution in [0.4, 0.5) is 5.69 Å². The molecule has 0 spiro atoms. The molecule has 1 saturated carbocycles. The lowest BCUT2D eigenvalue weighted by Crippen LogP contribution is -2.24. The number of aryl methyl sites for hydroxylation is 1. The standard InChI is InChI=1S/C12H18N2/c1-10-4-2-3-5-11(10)14-9-12(8-13)6-7-12/h2-5,14H,6-9,13H2,1H3. The fourth-order valence-electron chi connectivity index (χ4n) is 1.68. The van der Waals surface area contributed by atoms with Crippen molar-refractivity contribution in [2.45, 2.75) is 19.8 Å². The summed E-state index contributed by atoms with van der Waals surface area (Å²) in [6.07, 6.45) is 2.56. The fourth-order valence-corrected chi connectivity index (χ4v) is 1.68. The Kier molecular flexibility index (Phi) is 2.46. The van der Waals surface area contributed by atoms with Crippen LogP contribution in [0.3, 0.4) is 0 Å². The molecule has 0 saturated heterocycles. The number of anilines is 1. The van der Waals surface area contributed by atoms with Crippen LogP contribution in [-0.2, 0) is 0 Å². The lowest BCUT2D eigenvalue weighted by Gasteiger charge is -2.15. The highest BCUT2D eigenvalue weighted by molar-refractivity contribution is 5.50. The van der Waals surface area contributed by atoms with Gasteiger partial charge in [-0.1, -0.05) is 18.2 Å². The molecule has 0 bridgehead atoms. The summed E-state index contributed by atoms with van der Waals surface area (Å²) in [4.78, 5) is 0. The van der Waals surface area contributed by atoms with Gasteiger partial charge in [0.05, 0.1) is 0 Å². The minimum atomic E-state index is 0.405. The number of para-hydroxylation sites is 1. The average Bonchev–Trinajstić information content (AvgIpc) is 2.98. The van der Waals surface area contributed by atoms with E-state index in [9.17, 15) is 0 Å². The van der Waals surface area contributed by atoms with Crippen molar-refractivity contribution in [2.75, 3.05) is 18.4 Å². The number of rotatable bonds is 4. The van der Waals surface area contributed by atoms with Gasteiger partial charge in [0.1, 0.15) is 0 Å². The zero-order chi connectivity index (χ0) is 10.0. The molecule has 2 rings (SSSR count). The molecule has 0 amide bonds. The maximum absolute atomic E-state index is 5.73. The summed E-state index contributed by atoms with van der Waals surface area (Å²) in [5.41, 5.74) is 8.68. The van der Waals surface area contributed by atoms with E-state index in [1.165, 1.54) is 24.1 Å². The van der Waals surface area contributed by atoms with Gasteiger partial charge in [-0.15, -0.1) is 0 Å². The average molecular weight is 190 g/mol. The van der Waals surface area contributed by atoms with Gasteiger partial charge in [-0.2, -0.15) is 0 Å². The molecular formula is C12H18N2. The smallest absolute Gasteiger partial charge is 0.0370 e. The molecule has 1 aromatic carbocycles. The Hall–Kier alpha value is -1.02. The van der Waals surface area contributed by atoms with Crippen molar-refractivity contribution >= 4 is 5.69 Å². The SMILES string of the molecule is Cc1ccccc1NCC1(CN)CC1. The lowest BCUT2D eigenvalue weighted by atomic mass is 10.1. The van der Waals surface area contributed by atoms with Gasteiger partial charge in [0.2, 0.25) is 0 Å². The predicted octanol–water partition coefficient (Wildman–Crippen LogP) is 2.15. The van der Waals surface area contributed by atoms with Gasteiger partial charge in [-0.3, -0.25) is 0 Å². The summed E-state index contributed by atoms with van der Waals surface area (Å²) in [6, 6.07) is 8.39. The molecule has 0 radical (unpaired) electrons. The van der Waals surface area contributed by atoms with Crippen LogP contribution < -0.4 is 11.1 Å². The van der Waals surface area contributed by atoms with E-state index in [1.807, 2.05) is 0 Å². The molecule has 2 heteroatoms. The second-order valence-corrected chi connectivity index (χ2v) is 4.37. The Morgan fingerprint density at radius 3 is 2.64 bits per heavy atom. The topological polar surface area (TPSA) is 38.0 Å². The molecule has 2 nitrogen and oxygen atoms in total. The van der Waals surface area contributed by atoms with Crippen LogP contribution in [0, 0.1) is 12.3 Å². The summed E-state index contributed by atoms with van der Waals surface area (Å²) in [6.45, 7) is 3.96. The van der Waals surface area contributed by atoms with Crippen LogP contribution in [0.1, 0.15) is 18.4 Å². The summed E-state index contributed by atoms with van der Waals surface area (Å²) < 4.78 is 0. The monoisotopic (exact) mass is 190 g/mol. The van der Waals surface area contributed by atoms with Gasteiger partial charge < -0.3 is 11.1 Å². The second kappa shape index (κ2) is 3.62. The summed E-state index contributed by atoms with van der Waals surface area (Å²) >= 11 is 0. The van der Waals surface area contributed by atoms with E-state index < -0.39 is 0 Å². The van der Waals surface area contributed by atoms with Gasteiger partial charge >= 0.3 is 0 Å². The van der Waals surface area contributed by atoms with E-state index in [2.05, 4.69) is 36.5 Å². The van der Waals surface area contributed by atoms with Gasteiger partial charge in [-0.25, -0.2) is 0 Å². The first-order chi connectivity index (χ1) is 6.76. The number of nitrogens with one attached hydrogen (secondary N) is 1. The predicted molar refractivity (Wildman–Crippen MR) is 60.4 cm³/mol. The molecule has 3 N–H and O–H groups in total. The third-order valence-electron chi connectivity index (χ3n) is 3.19. The molecule has 0 aromatic heterocycles. The molecule has 0 aliphatic heterocycles. The molecule has 1 aliphatic carbocycles. The minimum absolute atomic E-state index is 0.405. The van der Waals surface area contributed by atoms with Crippen molar-refractivity contribution in [1.82, 2.24) is 0 Å². The summed E-state index contributed by atoms with van der Waals surface area (Å²) in [7, 11) is 0. The molecule has 14 heavy (non-hydrogen) atoms. The van der Waals surface area contributed by atoms with E-state index in [0.717, 1.165) is 13.1 Å². The molecule has 0 atom stereocenters. The summed E-state index contributed by atoms with van der Waals surface area (Å²) in [5.74, 6) is 0. The highest BCUT2D eigenvalue weighted by Crippen LogP contribution is 2.44. The van der Waals surface area contributed by atoms with Crippen LogP contribution in [0.15, 0.2) is 24.3 Å². The first kappa shape index (κ1) is 9.53. The Bertz CT molecular complexity index is 316. The highest BCUT2D eigenvalue weighted by Gasteiger charge is 2.40. The zero-order valence-corrected chi connectivity index (χ0v) is 8.72. The quantitative estimate of drug-likeness (QED) is 0.763. The molecule has 1 fully saturated rings. The van der Waals surface area contributed by atoms with Crippen molar-refractivity contribution in [3.05, 3.63) is 29.8 Å². The van der Waals surface area contributed by atoms with E-state index in [1.54, 1.807) is 0 Å². The van der Waals surface area contributed by atoms with Crippen LogP contribution in [-0.4, -0.2) is 13.1 Å². The molecule has 1 aromatic rings. The van der Waals surface area contributed by atoms with Gasteiger partial charge in [-0.05, 0) is 43.4 Å². The Labute approximate surface area is 85.5 Å². The van der Waals surface area contributed by atoms with Crippen molar-refractivity contribution in [2.24, 2.45) is 11.1 Å². The van der Waals surface area contributed by atoms with Crippen LogP contribution in [0.2, 0.25) is 0 Å². The first-order valence-electron chi connectivity index (χ1n) is 5.25. The minimum Gasteiger partial charge on any atom is -0.384 e. The Morgan fingerprint density at radius 1 is 1.36 bits per heavy atom. The molecule has 0 unspecified atom stereocenters. The van der Waals surface area contributed by atoms with Gasteiger partial charge in [0, 0.05) is 12.2 Å². The first-order valence-corrected chi connectivity index (χ1v) is 5.25. The number of hydrogen-bond donors (Lipinski definition) is 2. The maximum atomic E-state index is 5.73. The molecule has 0 heterocycles. The highest BCUT2D eigenvalue weighted by atomic mass is 14.9.